The standard InChI is InChI=1S/C17H33N3O/c1-13(2)8-19-6-7-21-15(10-19)11-20-9-14-4-3-5-17(18)16(14)12-20/h13-17H,3-12,18H2,1-2H3. The zero-order valence-corrected chi connectivity index (χ0v) is 13.8. The fourth-order valence-corrected chi connectivity index (χ4v) is 4.62. The third kappa shape index (κ3) is 3.98. The van der Waals surface area contributed by atoms with Crippen LogP contribution in [-0.2, 0) is 4.74 Å². The van der Waals surface area contributed by atoms with Crippen molar-refractivity contribution >= 4 is 0 Å². The second-order valence-electron chi connectivity index (χ2n) is 7.88. The fourth-order valence-electron chi connectivity index (χ4n) is 4.62. The highest BCUT2D eigenvalue weighted by Gasteiger charge is 2.39. The molecule has 4 unspecified atom stereocenters. The van der Waals surface area contributed by atoms with Crippen molar-refractivity contribution < 1.29 is 4.74 Å². The van der Waals surface area contributed by atoms with Crippen molar-refractivity contribution in [3.05, 3.63) is 0 Å². The number of hydrogen-bond acceptors (Lipinski definition) is 4. The van der Waals surface area contributed by atoms with E-state index in [2.05, 4.69) is 23.6 Å². The number of fused-ring (bicyclic) bond motifs is 1. The highest BCUT2D eigenvalue weighted by molar-refractivity contribution is 4.94. The maximum Gasteiger partial charge on any atom is 0.0829 e. The molecule has 4 nitrogen and oxygen atoms in total. The van der Waals surface area contributed by atoms with E-state index in [0.29, 0.717) is 12.1 Å². The lowest BCUT2D eigenvalue weighted by atomic mass is 9.78. The summed E-state index contributed by atoms with van der Waals surface area (Å²) in [5.74, 6) is 2.34. The summed E-state index contributed by atoms with van der Waals surface area (Å²) in [6.07, 6.45) is 4.35. The van der Waals surface area contributed by atoms with Crippen LogP contribution in [-0.4, -0.2) is 67.8 Å². The number of nitrogens with zero attached hydrogens (tertiary/aromatic N) is 2. The Morgan fingerprint density at radius 3 is 2.76 bits per heavy atom. The zero-order chi connectivity index (χ0) is 14.8. The smallest absolute Gasteiger partial charge is 0.0829 e. The molecule has 4 heteroatoms. The lowest BCUT2D eigenvalue weighted by molar-refractivity contribution is -0.0441. The van der Waals surface area contributed by atoms with Gasteiger partial charge < -0.3 is 15.4 Å². The van der Waals surface area contributed by atoms with E-state index in [-0.39, 0.29) is 0 Å². The molecule has 0 amide bonds. The molecule has 2 N–H and O–H groups in total. The SMILES string of the molecule is CC(C)CN1CCOC(CN2CC3CCCC(N)C3C2)C1. The molecule has 0 aromatic rings. The number of hydrogen-bond donors (Lipinski definition) is 1. The molecule has 2 heterocycles. The third-order valence-electron chi connectivity index (χ3n) is 5.54. The fraction of sp³-hybridized carbons (Fsp3) is 1.00. The van der Waals surface area contributed by atoms with Gasteiger partial charge in [-0.15, -0.1) is 0 Å². The Kier molecular flexibility index (Phi) is 5.20. The molecule has 0 aromatic heterocycles. The number of nitrogens with two attached hydrogens (primary N) is 1. The van der Waals surface area contributed by atoms with Gasteiger partial charge in [0.15, 0.2) is 0 Å². The molecule has 0 radical (unpaired) electrons. The summed E-state index contributed by atoms with van der Waals surface area (Å²) < 4.78 is 6.02. The molecule has 3 rings (SSSR count). The van der Waals surface area contributed by atoms with Crippen LogP contribution >= 0.6 is 0 Å². The largest absolute Gasteiger partial charge is 0.374 e. The van der Waals surface area contributed by atoms with E-state index in [1.165, 1.54) is 38.9 Å². The maximum absolute atomic E-state index is 6.33. The van der Waals surface area contributed by atoms with Gasteiger partial charge in [0.05, 0.1) is 12.7 Å². The second kappa shape index (κ2) is 6.95. The van der Waals surface area contributed by atoms with Crippen molar-refractivity contribution in [3.8, 4) is 0 Å². The molecule has 0 bridgehead atoms. The van der Waals surface area contributed by atoms with Crippen molar-refractivity contribution in [2.75, 3.05) is 45.9 Å². The van der Waals surface area contributed by atoms with Crippen LogP contribution in [0.1, 0.15) is 33.1 Å². The number of likely N-dealkylation sites (tertiary alicyclic amines) is 1. The predicted octanol–water partition coefficient (Wildman–Crippen LogP) is 1.40. The van der Waals surface area contributed by atoms with Crippen LogP contribution in [0.2, 0.25) is 0 Å². The molecule has 0 aromatic carbocycles. The first-order valence-electron chi connectivity index (χ1n) is 8.93. The summed E-state index contributed by atoms with van der Waals surface area (Å²) >= 11 is 0. The zero-order valence-electron chi connectivity index (χ0n) is 13.8. The molecule has 122 valence electrons. The van der Waals surface area contributed by atoms with Crippen LogP contribution in [0.3, 0.4) is 0 Å². The van der Waals surface area contributed by atoms with Gasteiger partial charge in [-0.2, -0.15) is 0 Å². The number of rotatable bonds is 4. The summed E-state index contributed by atoms with van der Waals surface area (Å²) in [6.45, 7) is 12.5. The Morgan fingerprint density at radius 2 is 2.00 bits per heavy atom. The average molecular weight is 295 g/mol. The van der Waals surface area contributed by atoms with Gasteiger partial charge >= 0.3 is 0 Å². The molecule has 0 spiro atoms. The summed E-state index contributed by atoms with van der Waals surface area (Å²) in [4.78, 5) is 5.21. The first kappa shape index (κ1) is 15.7. The van der Waals surface area contributed by atoms with E-state index < -0.39 is 0 Å². The Morgan fingerprint density at radius 1 is 1.14 bits per heavy atom. The Balaban J connectivity index is 1.48. The van der Waals surface area contributed by atoms with Gasteiger partial charge in [-0.3, -0.25) is 4.90 Å². The first-order valence-corrected chi connectivity index (χ1v) is 8.93. The topological polar surface area (TPSA) is 41.7 Å². The van der Waals surface area contributed by atoms with E-state index in [1.807, 2.05) is 0 Å². The molecule has 2 aliphatic heterocycles. The van der Waals surface area contributed by atoms with Crippen LogP contribution in [0.25, 0.3) is 0 Å². The monoisotopic (exact) mass is 295 g/mol. The Bertz CT molecular complexity index is 336. The summed E-state index contributed by atoms with van der Waals surface area (Å²) in [5, 5.41) is 0. The highest BCUT2D eigenvalue weighted by Crippen LogP contribution is 2.35. The third-order valence-corrected chi connectivity index (χ3v) is 5.54. The van der Waals surface area contributed by atoms with Crippen molar-refractivity contribution in [2.24, 2.45) is 23.5 Å². The molecule has 4 atom stereocenters. The minimum Gasteiger partial charge on any atom is -0.374 e. The van der Waals surface area contributed by atoms with E-state index in [0.717, 1.165) is 44.0 Å². The highest BCUT2D eigenvalue weighted by atomic mass is 16.5. The summed E-state index contributed by atoms with van der Waals surface area (Å²) in [7, 11) is 0. The lowest BCUT2D eigenvalue weighted by Gasteiger charge is -2.35. The van der Waals surface area contributed by atoms with Gasteiger partial charge in [0.2, 0.25) is 0 Å². The van der Waals surface area contributed by atoms with Crippen LogP contribution in [0.15, 0.2) is 0 Å². The van der Waals surface area contributed by atoms with Crippen LogP contribution < -0.4 is 5.73 Å². The molecule has 3 aliphatic rings. The van der Waals surface area contributed by atoms with Crippen molar-refractivity contribution in [1.82, 2.24) is 9.80 Å². The summed E-state index contributed by atoms with van der Waals surface area (Å²) in [5.41, 5.74) is 6.33. The van der Waals surface area contributed by atoms with Crippen LogP contribution in [0.4, 0.5) is 0 Å². The average Bonchev–Trinajstić information content (AvgIpc) is 2.82. The van der Waals surface area contributed by atoms with E-state index in [1.54, 1.807) is 0 Å². The molecular weight excluding hydrogens is 262 g/mol. The summed E-state index contributed by atoms with van der Waals surface area (Å²) in [6, 6.07) is 0.443. The van der Waals surface area contributed by atoms with E-state index in [9.17, 15) is 0 Å². The van der Waals surface area contributed by atoms with E-state index >= 15 is 0 Å². The molecule has 2 saturated heterocycles. The molecule has 1 saturated carbocycles. The number of ether oxygens (including phenoxy) is 1. The van der Waals surface area contributed by atoms with Gasteiger partial charge in [-0.05, 0) is 30.6 Å². The lowest BCUT2D eigenvalue weighted by Crippen LogP contribution is -2.48. The van der Waals surface area contributed by atoms with Gasteiger partial charge in [0.1, 0.15) is 0 Å². The maximum atomic E-state index is 6.33. The Hall–Kier alpha value is -0.160. The first-order chi connectivity index (χ1) is 10.1. The van der Waals surface area contributed by atoms with Gasteiger partial charge in [-0.1, -0.05) is 20.3 Å². The quantitative estimate of drug-likeness (QED) is 0.851. The number of morpholine rings is 1. The Labute approximate surface area is 130 Å². The molecule has 1 aliphatic carbocycles. The molecule has 3 fully saturated rings. The van der Waals surface area contributed by atoms with Crippen molar-refractivity contribution in [3.63, 3.8) is 0 Å². The second-order valence-corrected chi connectivity index (χ2v) is 7.88. The van der Waals surface area contributed by atoms with Crippen LogP contribution in [0, 0.1) is 17.8 Å². The molecule has 21 heavy (non-hydrogen) atoms. The van der Waals surface area contributed by atoms with Gasteiger partial charge in [0, 0.05) is 45.3 Å². The van der Waals surface area contributed by atoms with Crippen molar-refractivity contribution in [1.29, 1.82) is 0 Å². The van der Waals surface area contributed by atoms with E-state index in [4.69, 9.17) is 10.5 Å². The predicted molar refractivity (Wildman–Crippen MR) is 86.3 cm³/mol. The normalized spacial score (nSPS) is 38.9. The minimum atomic E-state index is 0.397. The molecular formula is C17H33N3O. The van der Waals surface area contributed by atoms with Gasteiger partial charge in [-0.25, -0.2) is 0 Å². The minimum absolute atomic E-state index is 0.397. The van der Waals surface area contributed by atoms with Crippen molar-refractivity contribution in [2.45, 2.75) is 45.3 Å². The van der Waals surface area contributed by atoms with Crippen LogP contribution in [0.5, 0.6) is 0 Å². The van der Waals surface area contributed by atoms with Gasteiger partial charge in [0.25, 0.3) is 0 Å².